The molecule has 2 rings (SSSR count). The number of hydrogen-bond acceptors (Lipinski definition) is 3. The van der Waals surface area contributed by atoms with Gasteiger partial charge >= 0.3 is 0 Å². The average Bonchev–Trinajstić information content (AvgIpc) is 2.44. The number of hydrogen-bond donors (Lipinski definition) is 2. The molecule has 0 bridgehead atoms. The van der Waals surface area contributed by atoms with Crippen molar-refractivity contribution in [1.82, 2.24) is 5.43 Å². The van der Waals surface area contributed by atoms with Crippen LogP contribution in [0.3, 0.4) is 0 Å². The first kappa shape index (κ1) is 15.8. The zero-order chi connectivity index (χ0) is 15.4. The van der Waals surface area contributed by atoms with Crippen LogP contribution in [0.15, 0.2) is 46.0 Å². The lowest BCUT2D eigenvalue weighted by Gasteiger charge is -2.05. The van der Waals surface area contributed by atoms with E-state index in [2.05, 4.69) is 26.5 Å². The van der Waals surface area contributed by atoms with Crippen molar-refractivity contribution in [3.8, 4) is 5.75 Å². The molecule has 0 heterocycles. The summed E-state index contributed by atoms with van der Waals surface area (Å²) in [5.74, 6) is -0.942. The number of carbonyl (C=O) groups excluding carboxylic acids is 1. The topological polar surface area (TPSA) is 61.7 Å². The Kier molecular flexibility index (Phi) is 5.22. The third kappa shape index (κ3) is 4.20. The molecule has 0 radical (unpaired) electrons. The minimum Gasteiger partial charge on any atom is -0.506 e. The number of nitrogens with one attached hydrogen (secondary N) is 1. The average molecular weight is 388 g/mol. The van der Waals surface area contributed by atoms with Crippen molar-refractivity contribution in [2.24, 2.45) is 5.10 Å². The van der Waals surface area contributed by atoms with E-state index in [0.29, 0.717) is 0 Å². The summed E-state index contributed by atoms with van der Waals surface area (Å²) in [6.07, 6.45) is 1.48. The van der Waals surface area contributed by atoms with Crippen LogP contribution >= 0.6 is 39.1 Å². The number of rotatable bonds is 3. The highest BCUT2D eigenvalue weighted by Crippen LogP contribution is 2.30. The molecule has 2 aromatic carbocycles. The first-order valence-electron chi connectivity index (χ1n) is 5.74. The quantitative estimate of drug-likeness (QED) is 0.611. The SMILES string of the molecule is O=C(N/N=C/c1ccc(Br)cc1)c1cc(Cl)cc(Cl)c1O. The first-order chi connectivity index (χ1) is 9.97. The minimum absolute atomic E-state index is 0.00420. The van der Waals surface area contributed by atoms with E-state index in [1.54, 1.807) is 0 Å². The highest BCUT2D eigenvalue weighted by Gasteiger charge is 2.14. The van der Waals surface area contributed by atoms with Crippen LogP contribution in [0.2, 0.25) is 10.0 Å². The molecule has 0 aliphatic carbocycles. The fraction of sp³-hybridized carbons (Fsp3) is 0. The van der Waals surface area contributed by atoms with Crippen molar-refractivity contribution >= 4 is 51.3 Å². The fourth-order valence-electron chi connectivity index (χ4n) is 1.51. The maximum absolute atomic E-state index is 11.9. The van der Waals surface area contributed by atoms with Crippen molar-refractivity contribution in [1.29, 1.82) is 0 Å². The van der Waals surface area contributed by atoms with E-state index in [1.165, 1.54) is 18.3 Å². The third-order valence-electron chi connectivity index (χ3n) is 2.52. The summed E-state index contributed by atoms with van der Waals surface area (Å²) in [7, 11) is 0. The molecule has 0 fully saturated rings. The molecule has 0 aliphatic heterocycles. The Morgan fingerprint density at radius 2 is 1.90 bits per heavy atom. The number of phenols is 1. The maximum atomic E-state index is 11.9. The van der Waals surface area contributed by atoms with Crippen LogP contribution in [0, 0.1) is 0 Å². The molecule has 0 saturated carbocycles. The molecule has 4 nitrogen and oxygen atoms in total. The summed E-state index contributed by atoms with van der Waals surface area (Å²) in [5.41, 5.74) is 3.07. The van der Waals surface area contributed by atoms with E-state index in [-0.39, 0.29) is 21.4 Å². The zero-order valence-corrected chi connectivity index (χ0v) is 13.6. The lowest BCUT2D eigenvalue weighted by atomic mass is 10.2. The summed E-state index contributed by atoms with van der Waals surface area (Å²) in [5, 5.41) is 13.8. The highest BCUT2D eigenvalue weighted by atomic mass is 79.9. The van der Waals surface area contributed by atoms with Crippen molar-refractivity contribution < 1.29 is 9.90 Å². The molecular formula is C14H9BrCl2N2O2. The lowest BCUT2D eigenvalue weighted by molar-refractivity contribution is 0.0952. The van der Waals surface area contributed by atoms with Gasteiger partial charge in [-0.2, -0.15) is 5.10 Å². The maximum Gasteiger partial charge on any atom is 0.275 e. The van der Waals surface area contributed by atoms with Crippen LogP contribution in [-0.4, -0.2) is 17.2 Å². The van der Waals surface area contributed by atoms with Gasteiger partial charge in [-0.3, -0.25) is 4.79 Å². The predicted molar refractivity (Wildman–Crippen MR) is 87.3 cm³/mol. The van der Waals surface area contributed by atoms with Gasteiger partial charge in [0.15, 0.2) is 0 Å². The van der Waals surface area contributed by atoms with Crippen molar-refractivity contribution in [2.45, 2.75) is 0 Å². The predicted octanol–water partition coefficient (Wildman–Crippen LogP) is 4.23. The van der Waals surface area contributed by atoms with Crippen molar-refractivity contribution in [3.05, 3.63) is 62.0 Å². The molecule has 21 heavy (non-hydrogen) atoms. The van der Waals surface area contributed by atoms with E-state index in [9.17, 15) is 9.90 Å². The molecule has 0 saturated heterocycles. The number of amides is 1. The van der Waals surface area contributed by atoms with Crippen LogP contribution in [-0.2, 0) is 0 Å². The van der Waals surface area contributed by atoms with E-state index in [4.69, 9.17) is 23.2 Å². The van der Waals surface area contributed by atoms with E-state index >= 15 is 0 Å². The van der Waals surface area contributed by atoms with E-state index in [0.717, 1.165) is 10.0 Å². The van der Waals surface area contributed by atoms with Gasteiger partial charge in [0.2, 0.25) is 0 Å². The Hall–Kier alpha value is -1.56. The van der Waals surface area contributed by atoms with Crippen LogP contribution in [0.25, 0.3) is 0 Å². The number of halogens is 3. The van der Waals surface area contributed by atoms with Gasteiger partial charge in [0, 0.05) is 9.50 Å². The first-order valence-corrected chi connectivity index (χ1v) is 7.29. The number of benzene rings is 2. The summed E-state index contributed by atoms with van der Waals surface area (Å²) in [4.78, 5) is 11.9. The lowest BCUT2D eigenvalue weighted by Crippen LogP contribution is -2.17. The molecule has 108 valence electrons. The molecular weight excluding hydrogens is 379 g/mol. The van der Waals surface area contributed by atoms with Crippen molar-refractivity contribution in [3.63, 3.8) is 0 Å². The number of carbonyl (C=O) groups is 1. The number of hydrazone groups is 1. The Labute approximate surface area is 139 Å². The second-order valence-electron chi connectivity index (χ2n) is 4.03. The van der Waals surface area contributed by atoms with Crippen LogP contribution in [0.1, 0.15) is 15.9 Å². The molecule has 1 amide bonds. The molecule has 0 spiro atoms. The monoisotopic (exact) mass is 386 g/mol. The third-order valence-corrected chi connectivity index (χ3v) is 3.56. The van der Waals surface area contributed by atoms with Crippen LogP contribution in [0.4, 0.5) is 0 Å². The van der Waals surface area contributed by atoms with E-state index in [1.807, 2.05) is 24.3 Å². The molecule has 2 aromatic rings. The van der Waals surface area contributed by atoms with Gasteiger partial charge in [0.25, 0.3) is 5.91 Å². The fourth-order valence-corrected chi connectivity index (χ4v) is 2.27. The van der Waals surface area contributed by atoms with E-state index < -0.39 is 5.91 Å². The second kappa shape index (κ2) is 6.93. The second-order valence-corrected chi connectivity index (χ2v) is 5.79. The van der Waals surface area contributed by atoms with Gasteiger partial charge in [0.05, 0.1) is 16.8 Å². The summed E-state index contributed by atoms with van der Waals surface area (Å²) in [6.45, 7) is 0. The van der Waals surface area contributed by atoms with Crippen molar-refractivity contribution in [2.75, 3.05) is 0 Å². The number of nitrogens with zero attached hydrogens (tertiary/aromatic N) is 1. The normalized spacial score (nSPS) is 10.8. The molecule has 0 aromatic heterocycles. The van der Waals surface area contributed by atoms with Gasteiger partial charge in [0.1, 0.15) is 5.75 Å². The zero-order valence-electron chi connectivity index (χ0n) is 10.5. The van der Waals surface area contributed by atoms with Gasteiger partial charge in [-0.15, -0.1) is 0 Å². The number of phenolic OH excluding ortho intramolecular Hbond substituents is 1. The molecule has 7 heteroatoms. The Balaban J connectivity index is 2.10. The molecule has 0 unspecified atom stereocenters. The minimum atomic E-state index is -0.606. The summed E-state index contributed by atoms with van der Waals surface area (Å²) < 4.78 is 0.946. The van der Waals surface area contributed by atoms with Gasteiger partial charge < -0.3 is 5.11 Å². The Morgan fingerprint density at radius 3 is 2.57 bits per heavy atom. The Morgan fingerprint density at radius 1 is 1.24 bits per heavy atom. The van der Waals surface area contributed by atoms with Crippen LogP contribution in [0.5, 0.6) is 5.75 Å². The molecule has 2 N–H and O–H groups in total. The van der Waals surface area contributed by atoms with Gasteiger partial charge in [-0.1, -0.05) is 51.3 Å². The summed E-state index contributed by atoms with van der Waals surface area (Å²) >= 11 is 14.9. The molecule has 0 aliphatic rings. The van der Waals surface area contributed by atoms with Gasteiger partial charge in [-0.25, -0.2) is 5.43 Å². The number of aromatic hydroxyl groups is 1. The molecule has 0 atom stereocenters. The van der Waals surface area contributed by atoms with Crippen LogP contribution < -0.4 is 5.43 Å². The Bertz CT molecular complexity index is 703. The summed E-state index contributed by atoms with van der Waals surface area (Å²) in [6, 6.07) is 10.0. The van der Waals surface area contributed by atoms with Gasteiger partial charge in [-0.05, 0) is 29.8 Å². The smallest absolute Gasteiger partial charge is 0.275 e. The largest absolute Gasteiger partial charge is 0.506 e. The highest BCUT2D eigenvalue weighted by molar-refractivity contribution is 9.10. The standard InChI is InChI=1S/C14H9BrCl2N2O2/c15-9-3-1-8(2-4-9)7-18-19-14(21)11-5-10(16)6-12(17)13(11)20/h1-7,20H,(H,19,21)/b18-7+.